The molecule has 1 aliphatic rings. The average molecular weight is 472 g/mol. The molecule has 4 aromatic rings. The third-order valence-electron chi connectivity index (χ3n) is 5.62. The van der Waals surface area contributed by atoms with E-state index >= 15 is 0 Å². The third-order valence-corrected chi connectivity index (χ3v) is 6.86. The van der Waals surface area contributed by atoms with Crippen LogP contribution in [0.2, 0.25) is 5.02 Å². The second kappa shape index (κ2) is 8.60. The van der Waals surface area contributed by atoms with Crippen molar-refractivity contribution >= 4 is 57.0 Å². The van der Waals surface area contributed by atoms with E-state index in [0.717, 1.165) is 31.1 Å². The second-order valence-electron chi connectivity index (χ2n) is 7.75. The predicted octanol–water partition coefficient (Wildman–Crippen LogP) is 5.78. The number of para-hydroxylation sites is 1. The summed E-state index contributed by atoms with van der Waals surface area (Å²) in [6.45, 7) is 0. The molecule has 2 aromatic carbocycles. The van der Waals surface area contributed by atoms with E-state index in [-0.39, 0.29) is 33.9 Å². The molecule has 0 spiro atoms. The first kappa shape index (κ1) is 21.0. The van der Waals surface area contributed by atoms with E-state index < -0.39 is 5.82 Å². The Morgan fingerprint density at radius 2 is 2.03 bits per heavy atom. The van der Waals surface area contributed by atoms with Gasteiger partial charge in [0.2, 0.25) is 11.5 Å². The maximum atomic E-state index is 13.4. The van der Waals surface area contributed by atoms with Gasteiger partial charge in [-0.15, -0.1) is 0 Å². The van der Waals surface area contributed by atoms with Gasteiger partial charge < -0.3 is 9.73 Å². The van der Waals surface area contributed by atoms with Crippen molar-refractivity contribution in [3.8, 4) is 0 Å². The molecule has 32 heavy (non-hydrogen) atoms. The summed E-state index contributed by atoms with van der Waals surface area (Å²) in [4.78, 5) is 30.7. The minimum atomic E-state index is -0.551. The number of carbonyl (C=O) groups is 1. The van der Waals surface area contributed by atoms with E-state index in [9.17, 15) is 14.0 Å². The number of carbonyl (C=O) groups excluding carboxylic acids is 1. The Morgan fingerprint density at radius 1 is 1.25 bits per heavy atom. The molecule has 1 fully saturated rings. The highest BCUT2D eigenvalue weighted by molar-refractivity contribution is 7.99. The van der Waals surface area contributed by atoms with Crippen LogP contribution in [0.15, 0.2) is 56.8 Å². The Morgan fingerprint density at radius 3 is 2.81 bits per heavy atom. The molecule has 164 valence electrons. The summed E-state index contributed by atoms with van der Waals surface area (Å²) in [5.74, 6) is -0.818. The molecule has 0 bridgehead atoms. The molecular formula is C23H19ClFN3O3S. The molecule has 0 aliphatic heterocycles. The van der Waals surface area contributed by atoms with Crippen LogP contribution in [0.1, 0.15) is 31.7 Å². The summed E-state index contributed by atoms with van der Waals surface area (Å²) in [5, 5.41) is 3.90. The van der Waals surface area contributed by atoms with Crippen LogP contribution in [0.4, 0.5) is 10.1 Å². The minimum absolute atomic E-state index is 0.0362. The molecule has 0 atom stereocenters. The number of thioether (sulfide) groups is 1. The first-order valence-electron chi connectivity index (χ1n) is 10.3. The molecule has 2 aromatic heterocycles. The highest BCUT2D eigenvalue weighted by atomic mass is 35.5. The molecular weight excluding hydrogens is 453 g/mol. The number of furan rings is 1. The Hall–Kier alpha value is -2.84. The fourth-order valence-corrected chi connectivity index (χ4v) is 5.16. The lowest BCUT2D eigenvalue weighted by atomic mass is 10.2. The van der Waals surface area contributed by atoms with Gasteiger partial charge in [-0.1, -0.05) is 48.3 Å². The molecule has 1 aliphatic carbocycles. The topological polar surface area (TPSA) is 77.1 Å². The molecule has 9 heteroatoms. The average Bonchev–Trinajstić information content (AvgIpc) is 3.43. The first-order valence-corrected chi connectivity index (χ1v) is 11.7. The lowest BCUT2D eigenvalue weighted by Gasteiger charge is -2.17. The van der Waals surface area contributed by atoms with E-state index in [1.165, 1.54) is 30.0 Å². The van der Waals surface area contributed by atoms with Gasteiger partial charge in [0.15, 0.2) is 5.16 Å². The summed E-state index contributed by atoms with van der Waals surface area (Å²) in [6.07, 6.45) is 3.87. The highest BCUT2D eigenvalue weighted by Crippen LogP contribution is 2.34. The van der Waals surface area contributed by atoms with E-state index in [4.69, 9.17) is 21.0 Å². The van der Waals surface area contributed by atoms with Crippen molar-refractivity contribution in [1.82, 2.24) is 9.55 Å². The number of rotatable bonds is 5. The van der Waals surface area contributed by atoms with Crippen LogP contribution in [0.25, 0.3) is 22.1 Å². The summed E-state index contributed by atoms with van der Waals surface area (Å²) >= 11 is 6.99. The maximum Gasteiger partial charge on any atom is 0.298 e. The van der Waals surface area contributed by atoms with Gasteiger partial charge in [0.05, 0.1) is 10.8 Å². The largest absolute Gasteiger partial charge is 0.448 e. The molecule has 1 amide bonds. The molecule has 6 nitrogen and oxygen atoms in total. The Kier molecular flexibility index (Phi) is 5.65. The van der Waals surface area contributed by atoms with Crippen molar-refractivity contribution < 1.29 is 13.6 Å². The zero-order valence-corrected chi connectivity index (χ0v) is 18.5. The lowest BCUT2D eigenvalue weighted by Crippen LogP contribution is -2.26. The fraction of sp³-hybridized carbons (Fsp3) is 0.261. The van der Waals surface area contributed by atoms with Crippen molar-refractivity contribution in [2.75, 3.05) is 11.1 Å². The number of nitrogens with zero attached hydrogens (tertiary/aromatic N) is 2. The summed E-state index contributed by atoms with van der Waals surface area (Å²) in [5.41, 5.74) is 1.55. The van der Waals surface area contributed by atoms with Crippen molar-refractivity contribution in [1.29, 1.82) is 0 Å². The highest BCUT2D eigenvalue weighted by Gasteiger charge is 2.25. The minimum Gasteiger partial charge on any atom is -0.448 e. The van der Waals surface area contributed by atoms with Crippen LogP contribution >= 0.6 is 23.4 Å². The lowest BCUT2D eigenvalue weighted by molar-refractivity contribution is -0.113. The Bertz CT molecular complexity index is 1390. The van der Waals surface area contributed by atoms with E-state index in [1.54, 1.807) is 4.57 Å². The number of halogens is 2. The normalized spacial score (nSPS) is 14.4. The Balaban J connectivity index is 1.48. The standard InChI is InChI=1S/C23H19ClFN3O3S/c24-16-11-13(9-10-17(16)25)26-19(29)12-32-23-27-20-15-7-3-4-8-18(15)31-21(20)22(30)28(23)14-5-1-2-6-14/h3-4,7-11,14H,1-2,5-6,12H2,(H,26,29). The van der Waals surface area contributed by atoms with Gasteiger partial charge in [-0.25, -0.2) is 9.37 Å². The number of aromatic nitrogens is 2. The van der Waals surface area contributed by atoms with Gasteiger partial charge >= 0.3 is 0 Å². The molecule has 1 saturated carbocycles. The zero-order chi connectivity index (χ0) is 22.2. The van der Waals surface area contributed by atoms with E-state index in [1.807, 2.05) is 24.3 Å². The molecule has 0 saturated heterocycles. The number of benzene rings is 2. The molecule has 5 rings (SSSR count). The smallest absolute Gasteiger partial charge is 0.298 e. The van der Waals surface area contributed by atoms with Crippen LogP contribution in [0, 0.1) is 5.82 Å². The summed E-state index contributed by atoms with van der Waals surface area (Å²) in [7, 11) is 0. The van der Waals surface area contributed by atoms with Crippen LogP contribution in [0.3, 0.4) is 0 Å². The number of nitrogens with one attached hydrogen (secondary N) is 1. The molecule has 0 radical (unpaired) electrons. The van der Waals surface area contributed by atoms with Crippen molar-refractivity contribution in [3.05, 3.63) is 63.7 Å². The number of anilines is 1. The van der Waals surface area contributed by atoms with Crippen LogP contribution in [-0.4, -0.2) is 21.2 Å². The van der Waals surface area contributed by atoms with Gasteiger partial charge in [0.25, 0.3) is 5.56 Å². The van der Waals surface area contributed by atoms with Gasteiger partial charge in [-0.05, 0) is 43.2 Å². The predicted molar refractivity (Wildman–Crippen MR) is 124 cm³/mol. The summed E-state index contributed by atoms with van der Waals surface area (Å²) in [6, 6.07) is 11.4. The molecule has 1 N–H and O–H groups in total. The number of fused-ring (bicyclic) bond motifs is 3. The number of hydrogen-bond donors (Lipinski definition) is 1. The van der Waals surface area contributed by atoms with Gasteiger partial charge in [0.1, 0.15) is 16.9 Å². The van der Waals surface area contributed by atoms with Crippen LogP contribution in [0.5, 0.6) is 0 Å². The zero-order valence-electron chi connectivity index (χ0n) is 16.9. The number of hydrogen-bond acceptors (Lipinski definition) is 5. The third kappa shape index (κ3) is 3.89. The Labute approximate surface area is 191 Å². The van der Waals surface area contributed by atoms with Crippen LogP contribution in [-0.2, 0) is 4.79 Å². The number of amides is 1. The van der Waals surface area contributed by atoms with Crippen LogP contribution < -0.4 is 10.9 Å². The molecule has 2 heterocycles. The summed E-state index contributed by atoms with van der Waals surface area (Å²) < 4.78 is 20.9. The van der Waals surface area contributed by atoms with Gasteiger partial charge in [-0.3, -0.25) is 14.2 Å². The fourth-order valence-electron chi connectivity index (χ4n) is 4.12. The first-order chi connectivity index (χ1) is 15.5. The van der Waals surface area contributed by atoms with Gasteiger partial charge in [-0.2, -0.15) is 0 Å². The van der Waals surface area contributed by atoms with Gasteiger partial charge in [0, 0.05) is 17.1 Å². The SMILES string of the molecule is O=C(CSc1nc2c(oc3ccccc32)c(=O)n1C1CCCC1)Nc1ccc(F)c(Cl)c1. The van der Waals surface area contributed by atoms with Crippen molar-refractivity contribution in [2.24, 2.45) is 0 Å². The van der Waals surface area contributed by atoms with E-state index in [0.29, 0.717) is 21.9 Å². The quantitative estimate of drug-likeness (QED) is 0.295. The van der Waals surface area contributed by atoms with Crippen molar-refractivity contribution in [3.63, 3.8) is 0 Å². The van der Waals surface area contributed by atoms with Crippen molar-refractivity contribution in [2.45, 2.75) is 36.9 Å². The maximum absolute atomic E-state index is 13.4. The van der Waals surface area contributed by atoms with E-state index in [2.05, 4.69) is 5.32 Å². The second-order valence-corrected chi connectivity index (χ2v) is 9.10. The molecule has 0 unspecified atom stereocenters. The monoisotopic (exact) mass is 471 g/mol.